The first-order valence-corrected chi connectivity index (χ1v) is 10.8. The lowest BCUT2D eigenvalue weighted by Gasteiger charge is -2.07. The quantitative estimate of drug-likeness (QED) is 0.139. The molecule has 0 aromatic carbocycles. The number of hydrogen-bond acceptors (Lipinski definition) is 8. The van der Waals surface area contributed by atoms with Crippen LogP contribution in [-0.4, -0.2) is 60.7 Å². The molecule has 0 amide bonds. The van der Waals surface area contributed by atoms with Crippen LogP contribution in [0.5, 0.6) is 0 Å². The molecule has 0 aromatic rings. The summed E-state index contributed by atoms with van der Waals surface area (Å²) in [5.41, 5.74) is 0.313. The number of esters is 3. The van der Waals surface area contributed by atoms with Crippen molar-refractivity contribution < 1.29 is 38.8 Å². The van der Waals surface area contributed by atoms with E-state index in [1.165, 1.54) is 0 Å². The van der Waals surface area contributed by atoms with Crippen LogP contribution in [0, 0.1) is 0 Å². The molecule has 0 rings (SSSR count). The molecule has 8 nitrogen and oxygen atoms in total. The Balaban J connectivity index is 3.37. The van der Waals surface area contributed by atoms with E-state index >= 15 is 0 Å². The van der Waals surface area contributed by atoms with E-state index in [4.69, 9.17) is 19.3 Å². The van der Waals surface area contributed by atoms with Crippen LogP contribution in [0.15, 0.2) is 12.2 Å². The summed E-state index contributed by atoms with van der Waals surface area (Å²) in [5, 5.41) is 17.9. The van der Waals surface area contributed by atoms with E-state index in [0.717, 1.165) is 44.9 Å². The molecule has 0 fully saturated rings. The highest BCUT2D eigenvalue weighted by Gasteiger charge is 2.07. The van der Waals surface area contributed by atoms with Crippen LogP contribution in [0.2, 0.25) is 0 Å². The lowest BCUT2D eigenvalue weighted by atomic mass is 10.1. The molecule has 0 aliphatic heterocycles. The van der Waals surface area contributed by atoms with Gasteiger partial charge in [0.05, 0.1) is 19.3 Å². The Hall–Kier alpha value is -1.93. The molecule has 1 unspecified atom stereocenters. The van der Waals surface area contributed by atoms with Gasteiger partial charge in [-0.3, -0.25) is 9.59 Å². The smallest absolute Gasteiger partial charge is 0.333 e. The Morgan fingerprint density at radius 3 is 1.73 bits per heavy atom. The van der Waals surface area contributed by atoms with Crippen LogP contribution < -0.4 is 0 Å². The Labute approximate surface area is 179 Å². The van der Waals surface area contributed by atoms with Crippen molar-refractivity contribution in [2.24, 2.45) is 0 Å². The third kappa shape index (κ3) is 18.1. The number of rotatable bonds is 19. The van der Waals surface area contributed by atoms with E-state index in [2.05, 4.69) is 6.58 Å². The molecular formula is C22H38O8. The second-order valence-corrected chi connectivity index (χ2v) is 7.31. The van der Waals surface area contributed by atoms with Gasteiger partial charge < -0.3 is 24.4 Å². The number of unbranched alkanes of at least 4 members (excludes halogenated alkanes) is 6. The first kappa shape index (κ1) is 28.1. The average Bonchev–Trinajstić information content (AvgIpc) is 2.72. The van der Waals surface area contributed by atoms with Crippen LogP contribution >= 0.6 is 0 Å². The minimum atomic E-state index is -0.743. The molecule has 0 spiro atoms. The first-order valence-electron chi connectivity index (χ1n) is 10.8. The maximum absolute atomic E-state index is 11.6. The molecule has 0 heterocycles. The Morgan fingerprint density at radius 1 is 0.767 bits per heavy atom. The number of aliphatic hydroxyl groups excluding tert-OH is 2. The van der Waals surface area contributed by atoms with Gasteiger partial charge in [0.1, 0.15) is 13.2 Å². The molecule has 30 heavy (non-hydrogen) atoms. The van der Waals surface area contributed by atoms with Crippen molar-refractivity contribution in [1.29, 1.82) is 0 Å². The largest absolute Gasteiger partial charge is 0.466 e. The molecule has 0 saturated carbocycles. The Morgan fingerprint density at radius 2 is 1.23 bits per heavy atom. The predicted octanol–water partition coefficient (Wildman–Crippen LogP) is 2.84. The van der Waals surface area contributed by atoms with Crippen molar-refractivity contribution in [3.63, 3.8) is 0 Å². The van der Waals surface area contributed by atoms with Gasteiger partial charge in [0.15, 0.2) is 0 Å². The van der Waals surface area contributed by atoms with E-state index in [1.807, 2.05) is 0 Å². The predicted molar refractivity (Wildman–Crippen MR) is 112 cm³/mol. The molecule has 1 atom stereocenters. The fraction of sp³-hybridized carbons (Fsp3) is 0.773. The summed E-state index contributed by atoms with van der Waals surface area (Å²) in [5.74, 6) is -0.995. The maximum Gasteiger partial charge on any atom is 0.333 e. The SMILES string of the molecule is C=C(C)C(=O)OCCOC(=O)CCCCCCCCCC(=O)OCCCC(O)CO. The van der Waals surface area contributed by atoms with Crippen molar-refractivity contribution in [3.05, 3.63) is 12.2 Å². The first-order chi connectivity index (χ1) is 14.4. The fourth-order valence-electron chi connectivity index (χ4n) is 2.58. The van der Waals surface area contributed by atoms with Crippen LogP contribution in [0.1, 0.15) is 77.6 Å². The van der Waals surface area contributed by atoms with Crippen molar-refractivity contribution in [3.8, 4) is 0 Å². The number of ether oxygens (including phenoxy) is 3. The molecule has 0 radical (unpaired) electrons. The highest BCUT2D eigenvalue weighted by molar-refractivity contribution is 5.86. The summed E-state index contributed by atoms with van der Waals surface area (Å²) in [4.78, 5) is 34.2. The van der Waals surface area contributed by atoms with E-state index in [1.54, 1.807) is 6.92 Å². The summed E-state index contributed by atoms with van der Waals surface area (Å²) >= 11 is 0. The number of carbonyl (C=O) groups excluding carboxylic acids is 3. The van der Waals surface area contributed by atoms with E-state index in [0.29, 0.717) is 31.3 Å². The monoisotopic (exact) mass is 430 g/mol. The number of aliphatic hydroxyl groups is 2. The zero-order valence-corrected chi connectivity index (χ0v) is 18.2. The standard InChI is InChI=1S/C22H38O8/c1-18(2)22(27)30-16-15-29-21(26)13-9-7-5-3-4-6-8-12-20(25)28-14-10-11-19(24)17-23/h19,23-24H,1,3-17H2,2H3. The van der Waals surface area contributed by atoms with Crippen LogP contribution in [0.3, 0.4) is 0 Å². The van der Waals surface area contributed by atoms with Crippen molar-refractivity contribution in [2.75, 3.05) is 26.4 Å². The van der Waals surface area contributed by atoms with Crippen LogP contribution in [-0.2, 0) is 28.6 Å². The van der Waals surface area contributed by atoms with Gasteiger partial charge >= 0.3 is 17.9 Å². The Kier molecular flexibility index (Phi) is 17.8. The third-order valence-electron chi connectivity index (χ3n) is 4.35. The van der Waals surface area contributed by atoms with Crippen LogP contribution in [0.25, 0.3) is 0 Å². The molecule has 0 aromatic heterocycles. The van der Waals surface area contributed by atoms with Gasteiger partial charge in [-0.05, 0) is 32.6 Å². The summed E-state index contributed by atoms with van der Waals surface area (Å²) in [6.45, 7) is 5.12. The molecule has 174 valence electrons. The lowest BCUT2D eigenvalue weighted by Crippen LogP contribution is -2.14. The maximum atomic E-state index is 11.6. The van der Waals surface area contributed by atoms with Crippen molar-refractivity contribution in [1.82, 2.24) is 0 Å². The van der Waals surface area contributed by atoms with E-state index in [-0.39, 0.29) is 38.4 Å². The van der Waals surface area contributed by atoms with Gasteiger partial charge in [0.2, 0.25) is 0 Å². The molecular weight excluding hydrogens is 392 g/mol. The minimum Gasteiger partial charge on any atom is -0.466 e. The topological polar surface area (TPSA) is 119 Å². The van der Waals surface area contributed by atoms with E-state index in [9.17, 15) is 19.5 Å². The summed E-state index contributed by atoms with van der Waals surface area (Å²) in [7, 11) is 0. The highest BCUT2D eigenvalue weighted by Crippen LogP contribution is 2.10. The number of hydrogen-bond donors (Lipinski definition) is 2. The summed E-state index contributed by atoms with van der Waals surface area (Å²) in [6, 6.07) is 0. The second-order valence-electron chi connectivity index (χ2n) is 7.31. The molecule has 0 aliphatic carbocycles. The van der Waals surface area contributed by atoms with Gasteiger partial charge in [-0.2, -0.15) is 0 Å². The average molecular weight is 431 g/mol. The van der Waals surface area contributed by atoms with E-state index < -0.39 is 12.1 Å². The fourth-order valence-corrected chi connectivity index (χ4v) is 2.58. The summed E-state index contributed by atoms with van der Waals surface area (Å²) in [6.07, 6.45) is 7.57. The third-order valence-corrected chi connectivity index (χ3v) is 4.35. The lowest BCUT2D eigenvalue weighted by molar-refractivity contribution is -0.150. The zero-order valence-electron chi connectivity index (χ0n) is 18.2. The second kappa shape index (κ2) is 19.1. The highest BCUT2D eigenvalue weighted by atomic mass is 16.6. The van der Waals surface area contributed by atoms with Crippen LogP contribution in [0.4, 0.5) is 0 Å². The molecule has 2 N–H and O–H groups in total. The zero-order chi connectivity index (χ0) is 22.6. The van der Waals surface area contributed by atoms with Gasteiger partial charge in [-0.1, -0.05) is 38.7 Å². The molecule has 0 saturated heterocycles. The molecule has 0 aliphatic rings. The minimum absolute atomic E-state index is 0.0395. The molecule has 0 bridgehead atoms. The van der Waals surface area contributed by atoms with Gasteiger partial charge in [0, 0.05) is 18.4 Å². The van der Waals surface area contributed by atoms with Gasteiger partial charge in [-0.15, -0.1) is 0 Å². The Bertz CT molecular complexity index is 503. The normalized spacial score (nSPS) is 11.6. The number of carbonyl (C=O) groups is 3. The van der Waals surface area contributed by atoms with Crippen molar-refractivity contribution >= 4 is 17.9 Å². The van der Waals surface area contributed by atoms with Gasteiger partial charge in [-0.25, -0.2) is 4.79 Å². The summed E-state index contributed by atoms with van der Waals surface area (Å²) < 4.78 is 14.9. The van der Waals surface area contributed by atoms with Gasteiger partial charge in [0.25, 0.3) is 0 Å². The molecule has 8 heteroatoms. The van der Waals surface area contributed by atoms with Crippen molar-refractivity contribution in [2.45, 2.75) is 83.7 Å².